The van der Waals surface area contributed by atoms with Gasteiger partial charge in [-0.05, 0) is 12.3 Å². The number of carbonyl (C=O) groups is 1. The lowest BCUT2D eigenvalue weighted by Gasteiger charge is -2.21. The Morgan fingerprint density at radius 2 is 2.05 bits per heavy atom. The van der Waals surface area contributed by atoms with E-state index in [2.05, 4.69) is 10.6 Å². The molecular formula is C13H18N2O4S. The predicted molar refractivity (Wildman–Crippen MR) is 78.1 cm³/mol. The van der Waals surface area contributed by atoms with Crippen molar-refractivity contribution in [3.8, 4) is 11.5 Å². The summed E-state index contributed by atoms with van der Waals surface area (Å²) < 4.78 is 15.9. The number of anilines is 1. The molecule has 0 atom stereocenters. The van der Waals surface area contributed by atoms with E-state index in [0.29, 0.717) is 43.6 Å². The van der Waals surface area contributed by atoms with Crippen LogP contribution in [0.4, 0.5) is 10.5 Å². The van der Waals surface area contributed by atoms with Crippen LogP contribution in [0.2, 0.25) is 0 Å². The summed E-state index contributed by atoms with van der Waals surface area (Å²) in [4.78, 5) is 12.7. The first kappa shape index (κ1) is 14.8. The maximum absolute atomic E-state index is 11.8. The fourth-order valence-corrected chi connectivity index (χ4v) is 2.32. The lowest BCUT2D eigenvalue weighted by atomic mass is 10.2. The Hall–Kier alpha value is -1.60. The number of benzene rings is 1. The van der Waals surface area contributed by atoms with Crippen molar-refractivity contribution in [2.24, 2.45) is 0 Å². The van der Waals surface area contributed by atoms with Gasteiger partial charge in [-0.25, -0.2) is 4.79 Å². The summed E-state index contributed by atoms with van der Waals surface area (Å²) in [5.74, 6) is 1.37. The zero-order chi connectivity index (χ0) is 14.4. The minimum Gasteiger partial charge on any atom is -0.486 e. The Morgan fingerprint density at radius 3 is 2.70 bits per heavy atom. The summed E-state index contributed by atoms with van der Waals surface area (Å²) in [6.07, 6.45) is 1.94. The van der Waals surface area contributed by atoms with Gasteiger partial charge in [0.15, 0.2) is 11.5 Å². The quantitative estimate of drug-likeness (QED) is 0.642. The van der Waals surface area contributed by atoms with Gasteiger partial charge < -0.3 is 24.8 Å². The van der Waals surface area contributed by atoms with Crippen molar-refractivity contribution >= 4 is 23.5 Å². The van der Waals surface area contributed by atoms with Gasteiger partial charge in [-0.15, -0.1) is 11.8 Å². The summed E-state index contributed by atoms with van der Waals surface area (Å²) in [5, 5.41) is 5.52. The maximum atomic E-state index is 11.8. The minimum atomic E-state index is -0.269. The number of hydrogen-bond acceptors (Lipinski definition) is 5. The molecule has 0 unspecified atom stereocenters. The van der Waals surface area contributed by atoms with E-state index in [-0.39, 0.29) is 6.03 Å². The topological polar surface area (TPSA) is 68.8 Å². The second-order valence-electron chi connectivity index (χ2n) is 4.07. The van der Waals surface area contributed by atoms with E-state index in [1.165, 1.54) is 11.8 Å². The molecule has 0 saturated carbocycles. The summed E-state index contributed by atoms with van der Waals surface area (Å²) >= 11 is 1.54. The highest BCUT2D eigenvalue weighted by molar-refractivity contribution is 7.98. The molecule has 2 rings (SSSR count). The van der Waals surface area contributed by atoms with Gasteiger partial charge in [-0.3, -0.25) is 0 Å². The van der Waals surface area contributed by atoms with E-state index < -0.39 is 0 Å². The molecule has 0 bridgehead atoms. The standard InChI is InChI=1S/C13H18N2O4S/c1-17-4-3-14-13(16)15-9-7-10-11(8-12(9)20-2)19-6-5-18-10/h7-8H,3-6H2,1-2H3,(H2,14,15,16). The number of thioether (sulfide) groups is 1. The van der Waals surface area contributed by atoms with Crippen LogP contribution in [-0.2, 0) is 4.74 Å². The zero-order valence-corrected chi connectivity index (χ0v) is 12.3. The lowest BCUT2D eigenvalue weighted by Crippen LogP contribution is -2.31. The first-order valence-electron chi connectivity index (χ1n) is 6.26. The molecule has 2 amide bonds. The summed E-state index contributed by atoms with van der Waals surface area (Å²) in [6.45, 7) is 2.00. The molecule has 1 aliphatic rings. The monoisotopic (exact) mass is 298 g/mol. The Kier molecular flexibility index (Phi) is 5.37. The number of ether oxygens (including phenoxy) is 3. The lowest BCUT2D eigenvalue weighted by molar-refractivity contribution is 0.171. The fraction of sp³-hybridized carbons (Fsp3) is 0.462. The van der Waals surface area contributed by atoms with Gasteiger partial charge in [-0.2, -0.15) is 0 Å². The van der Waals surface area contributed by atoms with Gasteiger partial charge in [0.25, 0.3) is 0 Å². The van der Waals surface area contributed by atoms with Gasteiger partial charge in [0, 0.05) is 24.6 Å². The number of amides is 2. The predicted octanol–water partition coefficient (Wildman–Crippen LogP) is 1.95. The molecule has 20 heavy (non-hydrogen) atoms. The van der Waals surface area contributed by atoms with Crippen LogP contribution >= 0.6 is 11.8 Å². The number of hydrogen-bond donors (Lipinski definition) is 2. The molecule has 6 nitrogen and oxygen atoms in total. The van der Waals surface area contributed by atoms with Crippen molar-refractivity contribution in [1.82, 2.24) is 5.32 Å². The highest BCUT2D eigenvalue weighted by atomic mass is 32.2. The SMILES string of the molecule is COCCNC(=O)Nc1cc2c(cc1SC)OCCO2. The number of carbonyl (C=O) groups excluding carboxylic acids is 1. The first-order valence-corrected chi connectivity index (χ1v) is 7.48. The first-order chi connectivity index (χ1) is 9.74. The van der Waals surface area contributed by atoms with E-state index in [1.54, 1.807) is 13.2 Å². The van der Waals surface area contributed by atoms with Crippen molar-refractivity contribution < 1.29 is 19.0 Å². The third-order valence-electron chi connectivity index (χ3n) is 2.70. The van der Waals surface area contributed by atoms with Crippen molar-refractivity contribution in [2.75, 3.05) is 45.0 Å². The molecule has 0 fully saturated rings. The number of methoxy groups -OCH3 is 1. The summed E-state index contributed by atoms with van der Waals surface area (Å²) in [6, 6.07) is 3.40. The molecule has 7 heteroatoms. The number of rotatable bonds is 5. The molecule has 0 spiro atoms. The Bertz CT molecular complexity index is 482. The van der Waals surface area contributed by atoms with E-state index in [1.807, 2.05) is 12.3 Å². The molecule has 1 aliphatic heterocycles. The third kappa shape index (κ3) is 3.71. The van der Waals surface area contributed by atoms with E-state index >= 15 is 0 Å². The van der Waals surface area contributed by atoms with E-state index in [0.717, 1.165) is 4.90 Å². The highest BCUT2D eigenvalue weighted by Gasteiger charge is 2.16. The molecule has 1 heterocycles. The van der Waals surface area contributed by atoms with Gasteiger partial charge in [0.1, 0.15) is 13.2 Å². The number of fused-ring (bicyclic) bond motifs is 1. The van der Waals surface area contributed by atoms with Crippen molar-refractivity contribution in [2.45, 2.75) is 4.90 Å². The van der Waals surface area contributed by atoms with Crippen LogP contribution < -0.4 is 20.1 Å². The normalized spacial score (nSPS) is 12.9. The Labute approximate surface area is 122 Å². The fourth-order valence-electron chi connectivity index (χ4n) is 1.77. The maximum Gasteiger partial charge on any atom is 0.319 e. The Morgan fingerprint density at radius 1 is 1.35 bits per heavy atom. The van der Waals surface area contributed by atoms with E-state index in [9.17, 15) is 4.79 Å². The van der Waals surface area contributed by atoms with Crippen molar-refractivity contribution in [1.29, 1.82) is 0 Å². The van der Waals surface area contributed by atoms with Crippen LogP contribution in [0.25, 0.3) is 0 Å². The van der Waals surface area contributed by atoms with E-state index in [4.69, 9.17) is 14.2 Å². The third-order valence-corrected chi connectivity index (χ3v) is 3.48. The highest BCUT2D eigenvalue weighted by Crippen LogP contribution is 2.39. The van der Waals surface area contributed by atoms with Crippen LogP contribution in [0.3, 0.4) is 0 Å². The van der Waals surface area contributed by atoms with Gasteiger partial charge >= 0.3 is 6.03 Å². The average Bonchev–Trinajstić information content (AvgIpc) is 2.46. The summed E-state index contributed by atoms with van der Waals surface area (Å²) in [5.41, 5.74) is 0.705. The van der Waals surface area contributed by atoms with Crippen LogP contribution in [-0.4, -0.2) is 45.8 Å². The molecule has 0 aliphatic carbocycles. The van der Waals surface area contributed by atoms with Crippen molar-refractivity contribution in [3.63, 3.8) is 0 Å². The zero-order valence-electron chi connectivity index (χ0n) is 11.5. The minimum absolute atomic E-state index is 0.269. The Balaban J connectivity index is 2.08. The van der Waals surface area contributed by atoms with Gasteiger partial charge in [-0.1, -0.05) is 0 Å². The van der Waals surface area contributed by atoms with Crippen LogP contribution in [0.1, 0.15) is 0 Å². The molecule has 110 valence electrons. The largest absolute Gasteiger partial charge is 0.486 e. The van der Waals surface area contributed by atoms with Gasteiger partial charge in [0.05, 0.1) is 12.3 Å². The molecule has 1 aromatic rings. The molecule has 2 N–H and O–H groups in total. The molecular weight excluding hydrogens is 280 g/mol. The smallest absolute Gasteiger partial charge is 0.319 e. The molecule has 0 radical (unpaired) electrons. The van der Waals surface area contributed by atoms with Crippen LogP contribution in [0, 0.1) is 0 Å². The average molecular weight is 298 g/mol. The molecule has 1 aromatic carbocycles. The van der Waals surface area contributed by atoms with Crippen LogP contribution in [0.15, 0.2) is 17.0 Å². The second kappa shape index (κ2) is 7.25. The summed E-state index contributed by atoms with van der Waals surface area (Å²) in [7, 11) is 1.59. The van der Waals surface area contributed by atoms with Crippen LogP contribution in [0.5, 0.6) is 11.5 Å². The molecule has 0 saturated heterocycles. The van der Waals surface area contributed by atoms with Crippen molar-refractivity contribution in [3.05, 3.63) is 12.1 Å². The number of nitrogens with one attached hydrogen (secondary N) is 2. The second-order valence-corrected chi connectivity index (χ2v) is 4.92. The molecule has 0 aromatic heterocycles. The van der Waals surface area contributed by atoms with Gasteiger partial charge in [0.2, 0.25) is 0 Å². The number of urea groups is 1.